The molecule has 10 heteroatoms. The van der Waals surface area contributed by atoms with Crippen LogP contribution in [0.1, 0.15) is 53.6 Å². The summed E-state index contributed by atoms with van der Waals surface area (Å²) in [6.07, 6.45) is 8.04. The quantitative estimate of drug-likeness (QED) is 0.426. The van der Waals surface area contributed by atoms with Gasteiger partial charge in [-0.3, -0.25) is 4.79 Å². The first-order valence-corrected chi connectivity index (χ1v) is 16.5. The van der Waals surface area contributed by atoms with Gasteiger partial charge in [0.2, 0.25) is 10.0 Å². The second-order valence-electron chi connectivity index (χ2n) is 12.2. The fourth-order valence-electron chi connectivity index (χ4n) is 7.14. The number of ether oxygens (including phenoxy) is 1. The molecule has 2 aromatic carbocycles. The molecule has 1 fully saturated rings. The highest BCUT2D eigenvalue weighted by Crippen LogP contribution is 2.46. The number of nitrogens with zero attached hydrogens (tertiary/aromatic N) is 1. The lowest BCUT2D eigenvalue weighted by atomic mass is 9.68. The van der Waals surface area contributed by atoms with E-state index in [0.717, 1.165) is 42.8 Å². The van der Waals surface area contributed by atoms with E-state index in [4.69, 9.17) is 16.3 Å². The van der Waals surface area contributed by atoms with Crippen LogP contribution in [0.5, 0.6) is 5.75 Å². The van der Waals surface area contributed by atoms with Gasteiger partial charge >= 0.3 is 0 Å². The molecule has 2 aromatic rings. The zero-order chi connectivity index (χ0) is 28.8. The van der Waals surface area contributed by atoms with Crippen LogP contribution in [0, 0.1) is 17.8 Å². The molecule has 41 heavy (non-hydrogen) atoms. The van der Waals surface area contributed by atoms with Crippen LogP contribution in [0.3, 0.4) is 0 Å². The summed E-state index contributed by atoms with van der Waals surface area (Å²) in [4.78, 5) is 15.5. The van der Waals surface area contributed by atoms with Crippen molar-refractivity contribution in [2.45, 2.75) is 50.0 Å². The Morgan fingerprint density at radius 2 is 2.02 bits per heavy atom. The van der Waals surface area contributed by atoms with Gasteiger partial charge in [0.05, 0.1) is 30.8 Å². The third-order valence-electron chi connectivity index (χ3n) is 9.43. The van der Waals surface area contributed by atoms with E-state index in [1.54, 1.807) is 30.4 Å². The zero-order valence-corrected chi connectivity index (χ0v) is 24.5. The summed E-state index contributed by atoms with van der Waals surface area (Å²) in [6.45, 7) is 1.47. The molecular formula is C31H37ClN2O6S. The summed E-state index contributed by atoms with van der Waals surface area (Å²) in [5, 5.41) is 21.5. The third kappa shape index (κ3) is 5.74. The minimum absolute atomic E-state index is 0.108. The Labute approximate surface area is 246 Å². The molecule has 0 radical (unpaired) electrons. The number of anilines is 1. The van der Waals surface area contributed by atoms with Crippen molar-refractivity contribution in [1.29, 1.82) is 0 Å². The molecule has 2 bridgehead atoms. The molecule has 0 unspecified atom stereocenters. The maximum Gasteiger partial charge on any atom is 0.264 e. The Morgan fingerprint density at radius 1 is 1.17 bits per heavy atom. The van der Waals surface area contributed by atoms with Gasteiger partial charge in [-0.2, -0.15) is 0 Å². The lowest BCUT2D eigenvalue weighted by molar-refractivity contribution is 0.0176. The van der Waals surface area contributed by atoms with Crippen LogP contribution in [-0.2, 0) is 21.9 Å². The van der Waals surface area contributed by atoms with Crippen LogP contribution in [0.4, 0.5) is 5.69 Å². The highest BCUT2D eigenvalue weighted by atomic mass is 35.5. The fraction of sp³-hybridized carbons (Fsp3) is 0.516. The van der Waals surface area contributed by atoms with E-state index >= 15 is 0 Å². The van der Waals surface area contributed by atoms with Gasteiger partial charge in [-0.1, -0.05) is 29.8 Å². The Kier molecular flexibility index (Phi) is 7.82. The second-order valence-corrected chi connectivity index (χ2v) is 14.4. The van der Waals surface area contributed by atoms with Gasteiger partial charge in [0.15, 0.2) is 0 Å². The van der Waals surface area contributed by atoms with Crippen molar-refractivity contribution in [2.24, 2.45) is 17.8 Å². The summed E-state index contributed by atoms with van der Waals surface area (Å²) in [5.41, 5.74) is 3.19. The number of amides is 1. The number of fused-ring (bicyclic) bond motifs is 4. The molecule has 3 N–H and O–H groups in total. The number of carbonyl (C=O) groups excluding carboxylic acids is 1. The van der Waals surface area contributed by atoms with Crippen LogP contribution < -0.4 is 14.4 Å². The molecule has 4 aliphatic rings. The van der Waals surface area contributed by atoms with Crippen molar-refractivity contribution in [3.05, 3.63) is 70.3 Å². The predicted octanol–water partition coefficient (Wildman–Crippen LogP) is 3.83. The molecule has 0 aromatic heterocycles. The third-order valence-corrected chi connectivity index (χ3v) is 11.0. The van der Waals surface area contributed by atoms with E-state index in [0.29, 0.717) is 31.9 Å². The SMILES string of the molecule is O=C1NS(=O)(=O)C[C@H](CO)/C=C/C[C@H](O)[C@@H]2CC[C@H]2CN2C[C@@]3(CCCc4cc(Cl)ccc43)COc3ccc1cc32. The van der Waals surface area contributed by atoms with Crippen LogP contribution in [0.25, 0.3) is 0 Å². The highest BCUT2D eigenvalue weighted by molar-refractivity contribution is 7.90. The number of sulfonamides is 1. The monoisotopic (exact) mass is 600 g/mol. The Hall–Kier alpha value is -2.59. The number of halogens is 1. The number of nitrogens with one attached hydrogen (secondary N) is 1. The Balaban J connectivity index is 1.41. The van der Waals surface area contributed by atoms with Gasteiger partial charge < -0.3 is 19.8 Å². The largest absolute Gasteiger partial charge is 0.490 e. The Morgan fingerprint density at radius 3 is 2.80 bits per heavy atom. The number of benzene rings is 2. The molecule has 8 nitrogen and oxygen atoms in total. The van der Waals surface area contributed by atoms with Crippen LogP contribution in [0.2, 0.25) is 5.02 Å². The first-order chi connectivity index (χ1) is 19.7. The zero-order valence-electron chi connectivity index (χ0n) is 23.0. The first kappa shape index (κ1) is 28.5. The van der Waals surface area contributed by atoms with Crippen molar-refractivity contribution in [1.82, 2.24) is 4.72 Å². The maximum atomic E-state index is 13.2. The lowest BCUT2D eigenvalue weighted by Gasteiger charge is -2.45. The van der Waals surface area contributed by atoms with Crippen molar-refractivity contribution < 1.29 is 28.2 Å². The van der Waals surface area contributed by atoms with E-state index < -0.39 is 33.7 Å². The number of aliphatic hydroxyl groups excluding tert-OH is 2. The molecule has 0 saturated heterocycles. The van der Waals surface area contributed by atoms with Crippen LogP contribution in [-0.4, -0.2) is 62.7 Å². The molecule has 2 aliphatic carbocycles. The van der Waals surface area contributed by atoms with Gasteiger partial charge in [-0.25, -0.2) is 13.1 Å². The van der Waals surface area contributed by atoms with E-state index in [-0.39, 0.29) is 29.4 Å². The summed E-state index contributed by atoms with van der Waals surface area (Å²) in [7, 11) is -4.02. The number of carbonyl (C=O) groups is 1. The van der Waals surface area contributed by atoms with Crippen molar-refractivity contribution in [3.8, 4) is 5.75 Å². The second kappa shape index (κ2) is 11.2. The first-order valence-electron chi connectivity index (χ1n) is 14.5. The van der Waals surface area contributed by atoms with Crippen molar-refractivity contribution in [3.63, 3.8) is 0 Å². The summed E-state index contributed by atoms with van der Waals surface area (Å²) in [6, 6.07) is 11.2. The smallest absolute Gasteiger partial charge is 0.264 e. The standard InChI is InChI=1S/C31H37ClN2O6S/c32-24-8-10-26-21(13-24)4-2-12-31(26)18-34-15-23-6-9-25(23)28(36)5-1-3-20(16-35)17-41(38,39)33-30(37)22-7-11-29(40-19-31)27(34)14-22/h1,3,7-8,10-11,13-14,20,23,25,28,35-36H,2,4-6,9,12,15-19H2,(H,33,37)/b3-1+/t20-,23-,25+,28-,31-/m0/s1. The molecular weight excluding hydrogens is 564 g/mol. The van der Waals surface area contributed by atoms with Gasteiger partial charge in [0.25, 0.3) is 5.91 Å². The minimum atomic E-state index is -4.02. The summed E-state index contributed by atoms with van der Waals surface area (Å²) >= 11 is 6.37. The molecule has 5 atom stereocenters. The maximum absolute atomic E-state index is 13.2. The number of hydrogen-bond acceptors (Lipinski definition) is 7. The van der Waals surface area contributed by atoms with Crippen molar-refractivity contribution >= 4 is 33.2 Å². The lowest BCUT2D eigenvalue weighted by Crippen LogP contribution is -2.49. The topological polar surface area (TPSA) is 116 Å². The molecule has 2 heterocycles. The number of hydrogen-bond donors (Lipinski definition) is 3. The number of aryl methyl sites for hydroxylation is 1. The van der Waals surface area contributed by atoms with E-state index in [2.05, 4.69) is 21.8 Å². The normalized spacial score (nSPS) is 32.0. The van der Waals surface area contributed by atoms with E-state index in [1.165, 1.54) is 11.1 Å². The molecule has 1 amide bonds. The molecule has 6 rings (SSSR count). The minimum Gasteiger partial charge on any atom is -0.490 e. The Bertz CT molecular complexity index is 1460. The fourth-order valence-corrected chi connectivity index (χ4v) is 8.60. The van der Waals surface area contributed by atoms with Gasteiger partial charge in [0.1, 0.15) is 5.75 Å². The predicted molar refractivity (Wildman–Crippen MR) is 158 cm³/mol. The average Bonchev–Trinajstić information content (AvgIpc) is 3.06. The van der Waals surface area contributed by atoms with E-state index in [1.807, 2.05) is 6.07 Å². The van der Waals surface area contributed by atoms with Gasteiger partial charge in [-0.05, 0) is 91.8 Å². The van der Waals surface area contributed by atoms with Gasteiger partial charge in [-0.15, -0.1) is 0 Å². The summed E-state index contributed by atoms with van der Waals surface area (Å²) in [5.74, 6) is -0.805. The van der Waals surface area contributed by atoms with Gasteiger partial charge in [0, 0.05) is 35.0 Å². The molecule has 220 valence electrons. The van der Waals surface area contributed by atoms with Crippen molar-refractivity contribution in [2.75, 3.05) is 37.0 Å². The molecule has 1 saturated carbocycles. The van der Waals surface area contributed by atoms with E-state index in [9.17, 15) is 23.4 Å². The van der Waals surface area contributed by atoms with Crippen LogP contribution in [0.15, 0.2) is 48.6 Å². The molecule has 1 spiro atoms. The average molecular weight is 601 g/mol. The van der Waals surface area contributed by atoms with Crippen LogP contribution >= 0.6 is 11.6 Å². The summed E-state index contributed by atoms with van der Waals surface area (Å²) < 4.78 is 34.3. The molecule has 2 aliphatic heterocycles. The highest BCUT2D eigenvalue weighted by Gasteiger charge is 2.44. The number of rotatable bonds is 1. The number of aliphatic hydroxyl groups is 2.